The third-order valence-corrected chi connectivity index (χ3v) is 6.84. The average molecular weight is 564 g/mol. The highest BCUT2D eigenvalue weighted by Crippen LogP contribution is 2.29. The molecule has 41 heavy (non-hydrogen) atoms. The Labute approximate surface area is 239 Å². The van der Waals surface area contributed by atoms with Crippen LogP contribution in [0.2, 0.25) is 0 Å². The second kappa shape index (κ2) is 11.8. The minimum Gasteiger partial charge on any atom is -0.490 e. The number of carbonyl (C=O) groups is 2. The molecule has 3 aromatic rings. The van der Waals surface area contributed by atoms with Gasteiger partial charge in [-0.1, -0.05) is 30.3 Å². The first-order chi connectivity index (χ1) is 19.6. The molecule has 218 valence electrons. The fourth-order valence-corrected chi connectivity index (χ4v) is 4.80. The molecule has 1 amide bonds. The van der Waals surface area contributed by atoms with Crippen molar-refractivity contribution in [1.29, 1.82) is 0 Å². The largest absolute Gasteiger partial charge is 0.490 e. The maximum atomic E-state index is 13.9. The maximum absolute atomic E-state index is 13.9. The summed E-state index contributed by atoms with van der Waals surface area (Å²) in [6.07, 6.45) is 1.75. The van der Waals surface area contributed by atoms with Crippen molar-refractivity contribution >= 4 is 12.1 Å². The zero-order valence-corrected chi connectivity index (χ0v) is 24.0. The summed E-state index contributed by atoms with van der Waals surface area (Å²) in [6, 6.07) is 16.3. The number of rotatable bonds is 9. The molecule has 2 aromatic carbocycles. The lowest BCUT2D eigenvalue weighted by Gasteiger charge is -2.37. The number of esters is 1. The second-order valence-corrected chi connectivity index (χ2v) is 11.3. The fourth-order valence-electron chi connectivity index (χ4n) is 4.80. The molecule has 2 heterocycles. The van der Waals surface area contributed by atoms with Crippen LogP contribution in [0.1, 0.15) is 62.3 Å². The van der Waals surface area contributed by atoms with Crippen LogP contribution in [0.25, 0.3) is 5.69 Å². The Bertz CT molecular complexity index is 1430. The van der Waals surface area contributed by atoms with Crippen molar-refractivity contribution in [3.05, 3.63) is 82.0 Å². The van der Waals surface area contributed by atoms with Crippen LogP contribution in [0, 0.1) is 0 Å². The molecule has 1 fully saturated rings. The van der Waals surface area contributed by atoms with Gasteiger partial charge in [-0.2, -0.15) is 0 Å². The van der Waals surface area contributed by atoms with Gasteiger partial charge < -0.3 is 18.9 Å². The van der Waals surface area contributed by atoms with Crippen molar-refractivity contribution in [2.45, 2.75) is 78.0 Å². The second-order valence-electron chi connectivity index (χ2n) is 11.3. The topological polar surface area (TPSA) is 101 Å². The Morgan fingerprint density at radius 2 is 1.71 bits per heavy atom. The van der Waals surface area contributed by atoms with Crippen LogP contribution in [-0.4, -0.2) is 57.1 Å². The van der Waals surface area contributed by atoms with E-state index in [2.05, 4.69) is 0 Å². The fraction of sp³-hybridized carbons (Fsp3) is 0.452. The van der Waals surface area contributed by atoms with Crippen LogP contribution in [0.3, 0.4) is 0 Å². The quantitative estimate of drug-likeness (QED) is 0.348. The van der Waals surface area contributed by atoms with Crippen LogP contribution in [0.5, 0.6) is 5.75 Å². The number of ether oxygens (including phenoxy) is 4. The van der Waals surface area contributed by atoms with Gasteiger partial charge >= 0.3 is 17.8 Å². The molecular weight excluding hydrogens is 526 g/mol. The molecule has 1 unspecified atom stereocenters. The number of hydrogen-bond donors (Lipinski definition) is 0. The van der Waals surface area contributed by atoms with Crippen molar-refractivity contribution in [1.82, 2.24) is 14.0 Å². The van der Waals surface area contributed by atoms with E-state index in [0.29, 0.717) is 23.7 Å². The Hall–Kier alpha value is -4.05. The molecule has 0 N–H and O–H groups in total. The number of imidazole rings is 1. The van der Waals surface area contributed by atoms with Crippen molar-refractivity contribution in [3.8, 4) is 11.4 Å². The van der Waals surface area contributed by atoms with Gasteiger partial charge in [0.25, 0.3) is 0 Å². The smallest absolute Gasteiger partial charge is 0.411 e. The van der Waals surface area contributed by atoms with Crippen LogP contribution in [0.15, 0.2) is 59.4 Å². The third-order valence-electron chi connectivity index (χ3n) is 6.84. The van der Waals surface area contributed by atoms with Crippen LogP contribution >= 0.6 is 0 Å². The first-order valence-corrected chi connectivity index (χ1v) is 14.0. The highest BCUT2D eigenvalue weighted by Gasteiger charge is 2.39. The normalized spacial score (nSPS) is 16.7. The highest BCUT2D eigenvalue weighted by atomic mass is 16.6. The molecule has 1 aromatic heterocycles. The van der Waals surface area contributed by atoms with Gasteiger partial charge in [0, 0.05) is 0 Å². The number of nitrogens with zero attached hydrogens (tertiary/aromatic N) is 3. The molecule has 0 radical (unpaired) electrons. The molecule has 0 spiro atoms. The Balaban J connectivity index is 1.50. The van der Waals surface area contributed by atoms with Gasteiger partial charge in [0.1, 0.15) is 11.4 Å². The van der Waals surface area contributed by atoms with Gasteiger partial charge in [-0.05, 0) is 70.4 Å². The Morgan fingerprint density at radius 1 is 1.00 bits per heavy atom. The SMILES string of the molecule is CCOC(=O)c1c2n(c(=O)n1-c1ccc(OC3CC3)cc1)CC(COCc1ccccc1)N(C(=O)OC(C)(C)C)C2. The molecule has 1 saturated carbocycles. The molecular formula is C31H37N3O7. The maximum Gasteiger partial charge on any atom is 0.411 e. The van der Waals surface area contributed by atoms with Gasteiger partial charge in [0.05, 0.1) is 56.4 Å². The molecule has 1 atom stereocenters. The summed E-state index contributed by atoms with van der Waals surface area (Å²) in [6.45, 7) is 7.86. The molecule has 5 rings (SSSR count). The van der Waals surface area contributed by atoms with E-state index >= 15 is 0 Å². The lowest BCUT2D eigenvalue weighted by Crippen LogP contribution is -2.51. The molecule has 0 bridgehead atoms. The molecule has 10 nitrogen and oxygen atoms in total. The van der Waals surface area contributed by atoms with Crippen LogP contribution < -0.4 is 10.4 Å². The monoisotopic (exact) mass is 563 g/mol. The number of amides is 1. The number of aromatic nitrogens is 2. The molecule has 1 aliphatic carbocycles. The zero-order chi connectivity index (χ0) is 29.1. The molecule has 10 heteroatoms. The summed E-state index contributed by atoms with van der Waals surface area (Å²) in [4.78, 5) is 42.1. The van der Waals surface area contributed by atoms with Gasteiger partial charge in [0.2, 0.25) is 0 Å². The Kier molecular flexibility index (Phi) is 8.21. The lowest BCUT2D eigenvalue weighted by atomic mass is 10.1. The van der Waals surface area contributed by atoms with Crippen molar-refractivity contribution in [2.24, 2.45) is 0 Å². The van der Waals surface area contributed by atoms with Crippen molar-refractivity contribution in [2.75, 3.05) is 13.2 Å². The van der Waals surface area contributed by atoms with E-state index < -0.39 is 29.4 Å². The summed E-state index contributed by atoms with van der Waals surface area (Å²) in [5.41, 5.74) is 0.848. The predicted octanol–water partition coefficient (Wildman–Crippen LogP) is 4.69. The van der Waals surface area contributed by atoms with E-state index in [4.69, 9.17) is 18.9 Å². The van der Waals surface area contributed by atoms with Gasteiger partial charge in [-0.15, -0.1) is 0 Å². The summed E-state index contributed by atoms with van der Waals surface area (Å²) in [5, 5.41) is 0. The van der Waals surface area contributed by atoms with Crippen molar-refractivity contribution < 1.29 is 28.5 Å². The van der Waals surface area contributed by atoms with Gasteiger partial charge in [-0.3, -0.25) is 14.0 Å². The van der Waals surface area contributed by atoms with Crippen LogP contribution in [0.4, 0.5) is 4.79 Å². The van der Waals surface area contributed by atoms with E-state index in [1.807, 2.05) is 30.3 Å². The first kappa shape index (κ1) is 28.5. The number of benzene rings is 2. The van der Waals surface area contributed by atoms with Crippen LogP contribution in [-0.2, 0) is 33.9 Å². The summed E-state index contributed by atoms with van der Waals surface area (Å²) >= 11 is 0. The van der Waals surface area contributed by atoms with Gasteiger partial charge in [-0.25, -0.2) is 14.4 Å². The third kappa shape index (κ3) is 6.65. The average Bonchev–Trinajstić information content (AvgIpc) is 3.70. The minimum atomic E-state index is -0.732. The van der Waals surface area contributed by atoms with E-state index in [9.17, 15) is 14.4 Å². The summed E-state index contributed by atoms with van der Waals surface area (Å²) in [7, 11) is 0. The minimum absolute atomic E-state index is 0.0203. The van der Waals surface area contributed by atoms with Crippen molar-refractivity contribution in [3.63, 3.8) is 0 Å². The lowest BCUT2D eigenvalue weighted by molar-refractivity contribution is -0.0135. The van der Waals surface area contributed by atoms with Gasteiger partial charge in [0.15, 0.2) is 5.69 Å². The molecule has 1 aliphatic heterocycles. The highest BCUT2D eigenvalue weighted by molar-refractivity contribution is 5.90. The van der Waals surface area contributed by atoms with E-state index in [0.717, 1.165) is 18.4 Å². The number of hydrogen-bond acceptors (Lipinski definition) is 7. The van der Waals surface area contributed by atoms with E-state index in [1.165, 1.54) is 14.0 Å². The Morgan fingerprint density at radius 3 is 2.34 bits per heavy atom. The molecule has 2 aliphatic rings. The van der Waals surface area contributed by atoms with E-state index in [-0.39, 0.29) is 38.1 Å². The first-order valence-electron chi connectivity index (χ1n) is 14.0. The predicted molar refractivity (Wildman–Crippen MR) is 151 cm³/mol. The summed E-state index contributed by atoms with van der Waals surface area (Å²) in [5.74, 6) is 0.0669. The summed E-state index contributed by atoms with van der Waals surface area (Å²) < 4.78 is 25.8. The molecule has 0 saturated heterocycles. The number of fused-ring (bicyclic) bond motifs is 1. The van der Waals surface area contributed by atoms with E-state index in [1.54, 1.807) is 52.0 Å². The zero-order valence-electron chi connectivity index (χ0n) is 24.0. The number of carbonyl (C=O) groups excluding carboxylic acids is 2. The standard InChI is InChI=1S/C31H37N3O7/c1-5-39-28(35)27-26-18-32(30(37)41-31(2,3)4)23(20-38-19-21-9-7-6-8-10-21)17-33(26)29(36)34(27)22-11-13-24(14-12-22)40-25-15-16-25/h6-14,23,25H,5,15-20H2,1-4H3.